The second-order valence-electron chi connectivity index (χ2n) is 5.89. The molecule has 2 heteroatoms. The molecule has 0 aromatic heterocycles. The lowest BCUT2D eigenvalue weighted by molar-refractivity contribution is 0.142. The van der Waals surface area contributed by atoms with Gasteiger partial charge in [0.25, 0.3) is 0 Å². The summed E-state index contributed by atoms with van der Waals surface area (Å²) in [5, 5.41) is 3.70. The Kier molecular flexibility index (Phi) is 3.67. The van der Waals surface area contributed by atoms with Crippen molar-refractivity contribution >= 4 is 0 Å². The molecular formula is C16H24N2. The summed E-state index contributed by atoms with van der Waals surface area (Å²) in [6.45, 7) is 5.94. The van der Waals surface area contributed by atoms with Gasteiger partial charge in [0.05, 0.1) is 0 Å². The average Bonchev–Trinajstić information content (AvgIpc) is 2.41. The maximum Gasteiger partial charge on any atom is 0.0238 e. The molecule has 1 fully saturated rings. The first-order valence-electron chi connectivity index (χ1n) is 7.37. The Balaban J connectivity index is 1.62. The number of benzene rings is 1. The Labute approximate surface area is 110 Å². The van der Waals surface area contributed by atoms with Crippen LogP contribution in [0.5, 0.6) is 0 Å². The molecule has 1 aromatic carbocycles. The summed E-state index contributed by atoms with van der Waals surface area (Å²) in [7, 11) is 0. The van der Waals surface area contributed by atoms with Gasteiger partial charge in [-0.3, -0.25) is 4.90 Å². The minimum atomic E-state index is 0.639. The fraction of sp³-hybridized carbons (Fsp3) is 0.625. The van der Waals surface area contributed by atoms with Gasteiger partial charge >= 0.3 is 0 Å². The molecule has 2 nitrogen and oxygen atoms in total. The lowest BCUT2D eigenvalue weighted by atomic mass is 9.94. The van der Waals surface area contributed by atoms with Gasteiger partial charge in [-0.25, -0.2) is 0 Å². The summed E-state index contributed by atoms with van der Waals surface area (Å²) >= 11 is 0. The molecule has 1 N–H and O–H groups in total. The van der Waals surface area contributed by atoms with Crippen LogP contribution in [0.15, 0.2) is 24.3 Å². The van der Waals surface area contributed by atoms with Crippen LogP contribution < -0.4 is 5.32 Å². The van der Waals surface area contributed by atoms with Crippen molar-refractivity contribution in [3.05, 3.63) is 35.4 Å². The van der Waals surface area contributed by atoms with E-state index in [-0.39, 0.29) is 0 Å². The molecule has 2 unspecified atom stereocenters. The zero-order valence-corrected chi connectivity index (χ0v) is 11.4. The van der Waals surface area contributed by atoms with Crippen LogP contribution in [-0.2, 0) is 13.0 Å². The van der Waals surface area contributed by atoms with Crippen LogP contribution in [0.4, 0.5) is 0 Å². The quantitative estimate of drug-likeness (QED) is 0.860. The average molecular weight is 244 g/mol. The maximum atomic E-state index is 3.70. The Hall–Kier alpha value is -0.860. The fourth-order valence-electron chi connectivity index (χ4n) is 3.36. The van der Waals surface area contributed by atoms with Crippen molar-refractivity contribution in [3.8, 4) is 0 Å². The highest BCUT2D eigenvalue weighted by Crippen LogP contribution is 2.20. The second-order valence-corrected chi connectivity index (χ2v) is 5.89. The molecule has 0 saturated carbocycles. The third-order valence-electron chi connectivity index (χ3n) is 4.56. The van der Waals surface area contributed by atoms with Crippen LogP contribution in [0, 0.1) is 0 Å². The molecule has 2 atom stereocenters. The SMILES string of the molecule is CC1CCCCN1CC1Cc2ccccc2CN1. The van der Waals surface area contributed by atoms with Gasteiger partial charge < -0.3 is 5.32 Å². The molecule has 0 aliphatic carbocycles. The minimum Gasteiger partial charge on any atom is -0.308 e. The van der Waals surface area contributed by atoms with Crippen LogP contribution in [0.3, 0.4) is 0 Å². The van der Waals surface area contributed by atoms with Crippen molar-refractivity contribution < 1.29 is 0 Å². The molecule has 3 rings (SSSR count). The largest absolute Gasteiger partial charge is 0.308 e. The lowest BCUT2D eigenvalue weighted by Crippen LogP contribution is -2.48. The van der Waals surface area contributed by atoms with Crippen LogP contribution in [0.1, 0.15) is 37.3 Å². The van der Waals surface area contributed by atoms with Crippen molar-refractivity contribution in [2.24, 2.45) is 0 Å². The highest BCUT2D eigenvalue weighted by atomic mass is 15.2. The minimum absolute atomic E-state index is 0.639. The van der Waals surface area contributed by atoms with Gasteiger partial charge in [0.1, 0.15) is 0 Å². The van der Waals surface area contributed by atoms with E-state index in [2.05, 4.69) is 41.4 Å². The smallest absolute Gasteiger partial charge is 0.0238 e. The van der Waals surface area contributed by atoms with E-state index in [1.807, 2.05) is 0 Å². The number of nitrogens with one attached hydrogen (secondary N) is 1. The van der Waals surface area contributed by atoms with Gasteiger partial charge in [0, 0.05) is 25.2 Å². The van der Waals surface area contributed by atoms with E-state index in [0.29, 0.717) is 6.04 Å². The number of rotatable bonds is 2. The van der Waals surface area contributed by atoms with E-state index < -0.39 is 0 Å². The van der Waals surface area contributed by atoms with Crippen LogP contribution in [0.2, 0.25) is 0 Å². The fourth-order valence-corrected chi connectivity index (χ4v) is 3.36. The summed E-state index contributed by atoms with van der Waals surface area (Å²) in [6.07, 6.45) is 5.37. The van der Waals surface area contributed by atoms with Gasteiger partial charge in [-0.05, 0) is 43.9 Å². The predicted molar refractivity (Wildman–Crippen MR) is 75.7 cm³/mol. The number of hydrogen-bond acceptors (Lipinski definition) is 2. The molecule has 1 aromatic rings. The summed E-state index contributed by atoms with van der Waals surface area (Å²) < 4.78 is 0. The van der Waals surface area contributed by atoms with Crippen LogP contribution >= 0.6 is 0 Å². The Morgan fingerprint density at radius 1 is 1.22 bits per heavy atom. The van der Waals surface area contributed by atoms with Crippen LogP contribution in [0.25, 0.3) is 0 Å². The van der Waals surface area contributed by atoms with Gasteiger partial charge in [-0.15, -0.1) is 0 Å². The third kappa shape index (κ3) is 2.60. The van der Waals surface area contributed by atoms with Crippen molar-refractivity contribution in [1.29, 1.82) is 0 Å². The molecule has 18 heavy (non-hydrogen) atoms. The molecule has 0 radical (unpaired) electrons. The number of likely N-dealkylation sites (tertiary alicyclic amines) is 1. The van der Waals surface area contributed by atoms with Gasteiger partial charge in [0.2, 0.25) is 0 Å². The molecule has 0 amide bonds. The summed E-state index contributed by atoms with van der Waals surface area (Å²) in [5.41, 5.74) is 3.03. The molecule has 0 spiro atoms. The molecule has 2 heterocycles. The van der Waals surface area contributed by atoms with Gasteiger partial charge in [0.15, 0.2) is 0 Å². The first kappa shape index (κ1) is 12.2. The standard InChI is InChI=1S/C16H24N2/c1-13-6-4-5-9-18(13)12-16-10-14-7-2-3-8-15(14)11-17-16/h2-3,7-8,13,16-17H,4-6,9-12H2,1H3. The predicted octanol–water partition coefficient (Wildman–Crippen LogP) is 2.58. The van der Waals surface area contributed by atoms with Crippen molar-refractivity contribution in [2.45, 2.75) is 51.2 Å². The molecule has 1 saturated heterocycles. The number of hydrogen-bond donors (Lipinski definition) is 1. The second kappa shape index (κ2) is 5.41. The van der Waals surface area contributed by atoms with E-state index in [9.17, 15) is 0 Å². The number of fused-ring (bicyclic) bond motifs is 1. The normalized spacial score (nSPS) is 28.9. The molecule has 0 bridgehead atoms. The Morgan fingerprint density at radius 3 is 2.89 bits per heavy atom. The van der Waals surface area contributed by atoms with Crippen molar-refractivity contribution in [1.82, 2.24) is 10.2 Å². The van der Waals surface area contributed by atoms with E-state index in [1.165, 1.54) is 44.3 Å². The summed E-state index contributed by atoms with van der Waals surface area (Å²) in [5.74, 6) is 0. The topological polar surface area (TPSA) is 15.3 Å². The first-order valence-corrected chi connectivity index (χ1v) is 7.37. The van der Waals surface area contributed by atoms with E-state index in [0.717, 1.165) is 12.6 Å². The first-order chi connectivity index (χ1) is 8.83. The molecule has 2 aliphatic rings. The number of nitrogens with zero attached hydrogens (tertiary/aromatic N) is 1. The van der Waals surface area contributed by atoms with Crippen molar-refractivity contribution in [3.63, 3.8) is 0 Å². The lowest BCUT2D eigenvalue weighted by Gasteiger charge is -2.37. The highest BCUT2D eigenvalue weighted by molar-refractivity contribution is 5.29. The van der Waals surface area contributed by atoms with Crippen LogP contribution in [-0.4, -0.2) is 30.1 Å². The summed E-state index contributed by atoms with van der Waals surface area (Å²) in [6, 6.07) is 10.3. The monoisotopic (exact) mass is 244 g/mol. The zero-order chi connectivity index (χ0) is 12.4. The highest BCUT2D eigenvalue weighted by Gasteiger charge is 2.24. The Morgan fingerprint density at radius 2 is 2.06 bits per heavy atom. The van der Waals surface area contributed by atoms with Crippen molar-refractivity contribution in [2.75, 3.05) is 13.1 Å². The molecule has 98 valence electrons. The molecule has 2 aliphatic heterocycles. The third-order valence-corrected chi connectivity index (χ3v) is 4.56. The summed E-state index contributed by atoms with van der Waals surface area (Å²) in [4.78, 5) is 2.68. The molecular weight excluding hydrogens is 220 g/mol. The van der Waals surface area contributed by atoms with E-state index in [1.54, 1.807) is 5.56 Å². The Bertz CT molecular complexity index is 402. The van der Waals surface area contributed by atoms with Gasteiger partial charge in [-0.2, -0.15) is 0 Å². The van der Waals surface area contributed by atoms with Gasteiger partial charge in [-0.1, -0.05) is 30.7 Å². The van der Waals surface area contributed by atoms with E-state index >= 15 is 0 Å². The number of piperidine rings is 1. The van der Waals surface area contributed by atoms with E-state index in [4.69, 9.17) is 0 Å². The maximum absolute atomic E-state index is 3.70. The zero-order valence-electron chi connectivity index (χ0n) is 11.4.